The van der Waals surface area contributed by atoms with E-state index in [1.807, 2.05) is 0 Å². The van der Waals surface area contributed by atoms with Crippen LogP contribution in [0.5, 0.6) is 5.75 Å². The standard InChI is InChI=1S/C12H11N3O5/c1-7-5-9(12(16)17)13-14(7)8-3-4-11(20-2)10(6-8)15(18)19/h3-6H,1-2H3,(H,16,17). The normalized spacial score (nSPS) is 10.3. The summed E-state index contributed by atoms with van der Waals surface area (Å²) >= 11 is 0. The minimum atomic E-state index is -1.16. The van der Waals surface area contributed by atoms with Crippen LogP contribution in [-0.2, 0) is 0 Å². The predicted molar refractivity (Wildman–Crippen MR) is 68.5 cm³/mol. The molecule has 0 spiro atoms. The van der Waals surface area contributed by atoms with Crippen molar-refractivity contribution in [3.05, 3.63) is 45.8 Å². The molecule has 8 heteroatoms. The Morgan fingerprint density at radius 2 is 2.15 bits per heavy atom. The van der Waals surface area contributed by atoms with Gasteiger partial charge in [0.15, 0.2) is 11.4 Å². The Morgan fingerprint density at radius 1 is 1.45 bits per heavy atom. The molecule has 0 amide bonds. The molecule has 0 saturated heterocycles. The summed E-state index contributed by atoms with van der Waals surface area (Å²) in [6, 6.07) is 5.68. The van der Waals surface area contributed by atoms with E-state index in [0.717, 1.165) is 0 Å². The van der Waals surface area contributed by atoms with E-state index in [1.54, 1.807) is 13.0 Å². The first-order chi connectivity index (χ1) is 9.43. The Morgan fingerprint density at radius 3 is 2.65 bits per heavy atom. The fourth-order valence-electron chi connectivity index (χ4n) is 1.79. The lowest BCUT2D eigenvalue weighted by Gasteiger charge is -2.06. The molecule has 0 saturated carbocycles. The van der Waals surface area contributed by atoms with Crippen LogP contribution in [0.25, 0.3) is 5.69 Å². The van der Waals surface area contributed by atoms with E-state index < -0.39 is 10.9 Å². The second kappa shape index (κ2) is 5.00. The first-order valence-corrected chi connectivity index (χ1v) is 5.57. The number of hydrogen-bond donors (Lipinski definition) is 1. The molecule has 2 aromatic rings. The van der Waals surface area contributed by atoms with Gasteiger partial charge in [-0.05, 0) is 25.1 Å². The minimum Gasteiger partial charge on any atom is -0.490 e. The van der Waals surface area contributed by atoms with Crippen molar-refractivity contribution in [1.29, 1.82) is 0 Å². The van der Waals surface area contributed by atoms with E-state index in [4.69, 9.17) is 9.84 Å². The number of carbonyl (C=O) groups is 1. The van der Waals surface area contributed by atoms with Crippen LogP contribution in [0.1, 0.15) is 16.2 Å². The van der Waals surface area contributed by atoms with Gasteiger partial charge in [-0.3, -0.25) is 10.1 Å². The van der Waals surface area contributed by atoms with Gasteiger partial charge in [-0.25, -0.2) is 9.48 Å². The Hall–Kier alpha value is -2.90. The number of methoxy groups -OCH3 is 1. The molecule has 104 valence electrons. The molecular weight excluding hydrogens is 266 g/mol. The number of nitro groups is 1. The lowest BCUT2D eigenvalue weighted by Crippen LogP contribution is -2.03. The molecule has 2 rings (SSSR count). The van der Waals surface area contributed by atoms with E-state index in [1.165, 1.54) is 30.0 Å². The Kier molecular flexibility index (Phi) is 3.38. The molecule has 0 bridgehead atoms. The van der Waals surface area contributed by atoms with Crippen LogP contribution >= 0.6 is 0 Å². The van der Waals surface area contributed by atoms with Crippen LogP contribution in [0, 0.1) is 17.0 Å². The number of hydrogen-bond acceptors (Lipinski definition) is 5. The lowest BCUT2D eigenvalue weighted by atomic mass is 10.2. The van der Waals surface area contributed by atoms with Crippen LogP contribution < -0.4 is 4.74 Å². The summed E-state index contributed by atoms with van der Waals surface area (Å²) in [5, 5.41) is 23.7. The number of aromatic nitrogens is 2. The Bertz CT molecular complexity index is 692. The summed E-state index contributed by atoms with van der Waals surface area (Å²) in [4.78, 5) is 21.3. The zero-order chi connectivity index (χ0) is 14.9. The minimum absolute atomic E-state index is 0.124. The van der Waals surface area contributed by atoms with Gasteiger partial charge in [-0.15, -0.1) is 0 Å². The van der Waals surface area contributed by atoms with Crippen LogP contribution in [0.4, 0.5) is 5.69 Å². The van der Waals surface area contributed by atoms with Gasteiger partial charge in [0.2, 0.25) is 0 Å². The van der Waals surface area contributed by atoms with Gasteiger partial charge in [0.05, 0.1) is 17.7 Å². The Labute approximate surface area is 113 Å². The molecule has 8 nitrogen and oxygen atoms in total. The third kappa shape index (κ3) is 2.30. The molecule has 0 atom stereocenters. The third-order valence-corrected chi connectivity index (χ3v) is 2.71. The molecule has 0 aliphatic rings. The number of nitro benzene ring substituents is 1. The van der Waals surface area contributed by atoms with Gasteiger partial charge in [0.1, 0.15) is 0 Å². The van der Waals surface area contributed by atoms with Crippen LogP contribution in [-0.4, -0.2) is 32.9 Å². The van der Waals surface area contributed by atoms with E-state index in [0.29, 0.717) is 11.4 Å². The summed E-state index contributed by atoms with van der Waals surface area (Å²) in [5.74, 6) is -1.03. The van der Waals surface area contributed by atoms with Crippen LogP contribution in [0.15, 0.2) is 24.3 Å². The summed E-state index contributed by atoms with van der Waals surface area (Å²) in [6.45, 7) is 1.66. The zero-order valence-electron chi connectivity index (χ0n) is 10.7. The average Bonchev–Trinajstić information content (AvgIpc) is 2.80. The maximum absolute atomic E-state index is 11.0. The summed E-state index contributed by atoms with van der Waals surface area (Å²) < 4.78 is 6.23. The number of ether oxygens (including phenoxy) is 1. The van der Waals surface area contributed by atoms with Crippen LogP contribution in [0.3, 0.4) is 0 Å². The van der Waals surface area contributed by atoms with Crippen molar-refractivity contribution >= 4 is 11.7 Å². The molecule has 1 aromatic heterocycles. The predicted octanol–water partition coefficient (Wildman–Crippen LogP) is 1.80. The molecule has 1 N–H and O–H groups in total. The molecular formula is C12H11N3O5. The van der Waals surface area contributed by atoms with Crippen molar-refractivity contribution in [2.75, 3.05) is 7.11 Å². The fourth-order valence-corrected chi connectivity index (χ4v) is 1.79. The fraction of sp³-hybridized carbons (Fsp3) is 0.167. The second-order valence-electron chi connectivity index (χ2n) is 4.00. The molecule has 0 fully saturated rings. The first kappa shape index (κ1) is 13.5. The van der Waals surface area contributed by atoms with Crippen molar-refractivity contribution in [3.63, 3.8) is 0 Å². The molecule has 1 aromatic carbocycles. The van der Waals surface area contributed by atoms with Crippen molar-refractivity contribution in [2.24, 2.45) is 0 Å². The number of rotatable bonds is 4. The molecule has 1 heterocycles. The Balaban J connectivity index is 2.56. The van der Waals surface area contributed by atoms with Crippen molar-refractivity contribution in [2.45, 2.75) is 6.92 Å². The highest BCUT2D eigenvalue weighted by Gasteiger charge is 2.18. The molecule has 0 radical (unpaired) electrons. The highest BCUT2D eigenvalue weighted by Crippen LogP contribution is 2.29. The van der Waals surface area contributed by atoms with Crippen molar-refractivity contribution in [3.8, 4) is 11.4 Å². The largest absolute Gasteiger partial charge is 0.490 e. The second-order valence-corrected chi connectivity index (χ2v) is 4.00. The monoisotopic (exact) mass is 277 g/mol. The first-order valence-electron chi connectivity index (χ1n) is 5.57. The van der Waals surface area contributed by atoms with E-state index in [2.05, 4.69) is 5.10 Å². The smallest absolute Gasteiger partial charge is 0.356 e. The van der Waals surface area contributed by atoms with Gasteiger partial charge in [0, 0.05) is 11.8 Å². The summed E-state index contributed by atoms with van der Waals surface area (Å²) in [7, 11) is 1.34. The average molecular weight is 277 g/mol. The number of aryl methyl sites for hydroxylation is 1. The van der Waals surface area contributed by atoms with E-state index >= 15 is 0 Å². The number of carboxylic acid groups (broad SMARTS) is 1. The zero-order valence-corrected chi connectivity index (χ0v) is 10.7. The summed E-state index contributed by atoms with van der Waals surface area (Å²) in [6.07, 6.45) is 0. The van der Waals surface area contributed by atoms with Gasteiger partial charge in [-0.2, -0.15) is 5.10 Å². The highest BCUT2D eigenvalue weighted by molar-refractivity contribution is 5.85. The molecule has 20 heavy (non-hydrogen) atoms. The molecule has 0 aliphatic carbocycles. The third-order valence-electron chi connectivity index (χ3n) is 2.71. The van der Waals surface area contributed by atoms with Gasteiger partial charge >= 0.3 is 11.7 Å². The van der Waals surface area contributed by atoms with Gasteiger partial charge in [-0.1, -0.05) is 0 Å². The van der Waals surface area contributed by atoms with Crippen LogP contribution in [0.2, 0.25) is 0 Å². The number of benzene rings is 1. The maximum Gasteiger partial charge on any atom is 0.356 e. The summed E-state index contributed by atoms with van der Waals surface area (Å²) in [5.41, 5.74) is 0.613. The van der Waals surface area contributed by atoms with Gasteiger partial charge in [0.25, 0.3) is 0 Å². The quantitative estimate of drug-likeness (QED) is 0.674. The van der Waals surface area contributed by atoms with Crippen molar-refractivity contribution in [1.82, 2.24) is 9.78 Å². The lowest BCUT2D eigenvalue weighted by molar-refractivity contribution is -0.385. The maximum atomic E-state index is 11.0. The van der Waals surface area contributed by atoms with Gasteiger partial charge < -0.3 is 9.84 Å². The molecule has 0 unspecified atom stereocenters. The van der Waals surface area contributed by atoms with E-state index in [-0.39, 0.29) is 17.1 Å². The number of aromatic carboxylic acids is 1. The number of nitrogens with zero attached hydrogens (tertiary/aromatic N) is 3. The van der Waals surface area contributed by atoms with E-state index in [9.17, 15) is 14.9 Å². The topological polar surface area (TPSA) is 107 Å². The number of carboxylic acids is 1. The van der Waals surface area contributed by atoms with Crippen molar-refractivity contribution < 1.29 is 19.6 Å². The highest BCUT2D eigenvalue weighted by atomic mass is 16.6. The SMILES string of the molecule is COc1ccc(-n2nc(C(=O)O)cc2C)cc1[N+](=O)[O-]. The molecule has 0 aliphatic heterocycles.